The standard InChI is InChI=1S/C16H10ClNO2S/c17-16-11-6-10(21)2-3-13(11)18-7-12(16)9-1-4-14-15(5-9)20-8-19-14/h1-7,21H,8H2. The molecule has 0 unspecified atom stereocenters. The first-order valence-corrected chi connectivity index (χ1v) is 7.22. The number of pyridine rings is 1. The van der Waals surface area contributed by atoms with Gasteiger partial charge in [0.15, 0.2) is 11.5 Å². The molecule has 3 aromatic rings. The van der Waals surface area contributed by atoms with Gasteiger partial charge in [0.2, 0.25) is 6.79 Å². The van der Waals surface area contributed by atoms with Crippen molar-refractivity contribution in [1.29, 1.82) is 0 Å². The first kappa shape index (κ1) is 12.8. The number of halogens is 1. The Morgan fingerprint density at radius 3 is 2.81 bits per heavy atom. The van der Waals surface area contributed by atoms with Gasteiger partial charge in [0.25, 0.3) is 0 Å². The van der Waals surface area contributed by atoms with E-state index in [0.717, 1.165) is 38.4 Å². The molecule has 0 saturated heterocycles. The van der Waals surface area contributed by atoms with Gasteiger partial charge in [0, 0.05) is 22.0 Å². The number of ether oxygens (including phenoxy) is 2. The van der Waals surface area contributed by atoms with E-state index in [2.05, 4.69) is 17.6 Å². The minimum absolute atomic E-state index is 0.255. The maximum absolute atomic E-state index is 6.55. The van der Waals surface area contributed by atoms with Crippen LogP contribution in [0.15, 0.2) is 47.5 Å². The first-order chi connectivity index (χ1) is 10.2. The van der Waals surface area contributed by atoms with Crippen molar-refractivity contribution < 1.29 is 9.47 Å². The lowest BCUT2D eigenvalue weighted by Crippen LogP contribution is -1.92. The van der Waals surface area contributed by atoms with Crippen LogP contribution in [-0.4, -0.2) is 11.8 Å². The third-order valence-corrected chi connectivity index (χ3v) is 4.15. The van der Waals surface area contributed by atoms with Gasteiger partial charge in [-0.2, -0.15) is 0 Å². The quantitative estimate of drug-likeness (QED) is 0.667. The number of benzene rings is 2. The summed E-state index contributed by atoms with van der Waals surface area (Å²) >= 11 is 10.9. The highest BCUT2D eigenvalue weighted by atomic mass is 35.5. The van der Waals surface area contributed by atoms with Gasteiger partial charge in [-0.25, -0.2) is 0 Å². The zero-order chi connectivity index (χ0) is 14.4. The van der Waals surface area contributed by atoms with E-state index < -0.39 is 0 Å². The Morgan fingerprint density at radius 2 is 1.90 bits per heavy atom. The van der Waals surface area contributed by atoms with Crippen LogP contribution in [0.1, 0.15) is 0 Å². The molecule has 0 amide bonds. The Kier molecular flexibility index (Phi) is 2.94. The molecule has 5 heteroatoms. The molecule has 2 heterocycles. The van der Waals surface area contributed by atoms with Gasteiger partial charge < -0.3 is 9.47 Å². The van der Waals surface area contributed by atoms with Gasteiger partial charge >= 0.3 is 0 Å². The molecule has 0 atom stereocenters. The fourth-order valence-electron chi connectivity index (χ4n) is 2.41. The van der Waals surface area contributed by atoms with Crippen LogP contribution >= 0.6 is 24.2 Å². The van der Waals surface area contributed by atoms with Crippen molar-refractivity contribution in [3.8, 4) is 22.6 Å². The zero-order valence-corrected chi connectivity index (χ0v) is 12.5. The third kappa shape index (κ3) is 2.11. The van der Waals surface area contributed by atoms with Crippen molar-refractivity contribution in [1.82, 2.24) is 4.98 Å². The van der Waals surface area contributed by atoms with E-state index >= 15 is 0 Å². The molecule has 1 aromatic heterocycles. The lowest BCUT2D eigenvalue weighted by Gasteiger charge is -2.08. The Morgan fingerprint density at radius 1 is 1.05 bits per heavy atom. The van der Waals surface area contributed by atoms with Crippen LogP contribution in [-0.2, 0) is 0 Å². The molecule has 0 spiro atoms. The molecule has 104 valence electrons. The predicted molar refractivity (Wildman–Crippen MR) is 85.6 cm³/mol. The average molecular weight is 316 g/mol. The van der Waals surface area contributed by atoms with E-state index in [-0.39, 0.29) is 6.79 Å². The molecule has 2 aromatic carbocycles. The minimum Gasteiger partial charge on any atom is -0.454 e. The van der Waals surface area contributed by atoms with Gasteiger partial charge in [-0.3, -0.25) is 4.98 Å². The third-order valence-electron chi connectivity index (χ3n) is 3.47. The maximum atomic E-state index is 6.55. The fraction of sp³-hybridized carbons (Fsp3) is 0.0625. The van der Waals surface area contributed by atoms with Crippen molar-refractivity contribution in [2.45, 2.75) is 4.90 Å². The summed E-state index contributed by atoms with van der Waals surface area (Å²) in [6.45, 7) is 0.255. The van der Waals surface area contributed by atoms with Gasteiger partial charge in [-0.1, -0.05) is 17.7 Å². The minimum atomic E-state index is 0.255. The van der Waals surface area contributed by atoms with E-state index in [1.807, 2.05) is 36.4 Å². The second kappa shape index (κ2) is 4.83. The fourth-order valence-corrected chi connectivity index (χ4v) is 2.93. The van der Waals surface area contributed by atoms with Crippen LogP contribution in [0.2, 0.25) is 5.02 Å². The van der Waals surface area contributed by atoms with Crippen LogP contribution in [0.3, 0.4) is 0 Å². The average Bonchev–Trinajstić information content (AvgIpc) is 2.95. The second-order valence-electron chi connectivity index (χ2n) is 4.76. The van der Waals surface area contributed by atoms with Gasteiger partial charge in [0.1, 0.15) is 0 Å². The van der Waals surface area contributed by atoms with E-state index in [0.29, 0.717) is 5.02 Å². The number of rotatable bonds is 1. The summed E-state index contributed by atoms with van der Waals surface area (Å²) in [7, 11) is 0. The Bertz CT molecular complexity index is 866. The van der Waals surface area contributed by atoms with Crippen molar-refractivity contribution in [2.24, 2.45) is 0 Å². The highest BCUT2D eigenvalue weighted by Gasteiger charge is 2.16. The summed E-state index contributed by atoms with van der Waals surface area (Å²) in [6.07, 6.45) is 1.78. The smallest absolute Gasteiger partial charge is 0.231 e. The summed E-state index contributed by atoms with van der Waals surface area (Å²) in [5.41, 5.74) is 2.66. The molecule has 0 bridgehead atoms. The second-order valence-corrected chi connectivity index (χ2v) is 5.65. The zero-order valence-electron chi connectivity index (χ0n) is 10.8. The van der Waals surface area contributed by atoms with E-state index in [9.17, 15) is 0 Å². The maximum Gasteiger partial charge on any atom is 0.231 e. The Labute approximate surface area is 131 Å². The van der Waals surface area contributed by atoms with E-state index in [1.54, 1.807) is 6.20 Å². The van der Waals surface area contributed by atoms with Crippen molar-refractivity contribution in [3.63, 3.8) is 0 Å². The summed E-state index contributed by atoms with van der Waals surface area (Å²) in [6, 6.07) is 11.5. The number of hydrogen-bond acceptors (Lipinski definition) is 4. The largest absolute Gasteiger partial charge is 0.454 e. The molecule has 4 rings (SSSR count). The van der Waals surface area contributed by atoms with Crippen molar-refractivity contribution in [2.75, 3.05) is 6.79 Å². The normalized spacial score (nSPS) is 12.9. The summed E-state index contributed by atoms with van der Waals surface area (Å²) in [5.74, 6) is 1.48. The highest BCUT2D eigenvalue weighted by Crippen LogP contribution is 2.39. The molecular formula is C16H10ClNO2S. The van der Waals surface area contributed by atoms with Crippen molar-refractivity contribution in [3.05, 3.63) is 47.6 Å². The van der Waals surface area contributed by atoms with Crippen molar-refractivity contribution >= 4 is 35.1 Å². The summed E-state index contributed by atoms with van der Waals surface area (Å²) in [4.78, 5) is 5.32. The molecular weight excluding hydrogens is 306 g/mol. The lowest BCUT2D eigenvalue weighted by molar-refractivity contribution is 0.174. The summed E-state index contributed by atoms with van der Waals surface area (Å²) < 4.78 is 10.7. The van der Waals surface area contributed by atoms with Crippen LogP contribution < -0.4 is 9.47 Å². The van der Waals surface area contributed by atoms with E-state index in [4.69, 9.17) is 21.1 Å². The molecule has 0 radical (unpaired) electrons. The molecule has 0 N–H and O–H groups in total. The first-order valence-electron chi connectivity index (χ1n) is 6.39. The van der Waals surface area contributed by atoms with Crippen LogP contribution in [0, 0.1) is 0 Å². The number of thiol groups is 1. The summed E-state index contributed by atoms with van der Waals surface area (Å²) in [5, 5.41) is 1.55. The van der Waals surface area contributed by atoms with E-state index in [1.165, 1.54) is 0 Å². The van der Waals surface area contributed by atoms with Crippen LogP contribution in [0.5, 0.6) is 11.5 Å². The Balaban J connectivity index is 1.92. The molecule has 1 aliphatic rings. The number of nitrogens with zero attached hydrogens (tertiary/aromatic N) is 1. The van der Waals surface area contributed by atoms with Crippen LogP contribution in [0.25, 0.3) is 22.0 Å². The SMILES string of the molecule is Sc1ccc2ncc(-c3ccc4c(c3)OCO4)c(Cl)c2c1. The molecule has 0 saturated carbocycles. The molecule has 21 heavy (non-hydrogen) atoms. The predicted octanol–water partition coefficient (Wildman–Crippen LogP) is 4.57. The van der Waals surface area contributed by atoms with Gasteiger partial charge in [-0.05, 0) is 35.9 Å². The van der Waals surface area contributed by atoms with Crippen LogP contribution in [0.4, 0.5) is 0 Å². The highest BCUT2D eigenvalue weighted by molar-refractivity contribution is 7.80. The lowest BCUT2D eigenvalue weighted by atomic mass is 10.0. The molecule has 3 nitrogen and oxygen atoms in total. The van der Waals surface area contributed by atoms with Gasteiger partial charge in [0.05, 0.1) is 10.5 Å². The number of hydrogen-bond donors (Lipinski definition) is 1. The topological polar surface area (TPSA) is 31.4 Å². The number of aromatic nitrogens is 1. The molecule has 0 aliphatic carbocycles. The number of fused-ring (bicyclic) bond motifs is 2. The van der Waals surface area contributed by atoms with Gasteiger partial charge in [-0.15, -0.1) is 12.6 Å². The molecule has 1 aliphatic heterocycles. The Hall–Kier alpha value is -1.91. The monoisotopic (exact) mass is 315 g/mol. The molecule has 0 fully saturated rings.